The molecule has 0 aliphatic carbocycles. The van der Waals surface area contributed by atoms with E-state index in [0.717, 1.165) is 12.0 Å². The lowest BCUT2D eigenvalue weighted by Crippen LogP contribution is -2.18. The third kappa shape index (κ3) is 4.67. The highest BCUT2D eigenvalue weighted by Gasteiger charge is 2.14. The van der Waals surface area contributed by atoms with Crippen molar-refractivity contribution in [1.29, 1.82) is 0 Å². The van der Waals surface area contributed by atoms with E-state index in [1.54, 1.807) is 30.3 Å². The first-order valence-corrected chi connectivity index (χ1v) is 9.30. The van der Waals surface area contributed by atoms with Gasteiger partial charge in [-0.25, -0.2) is 9.63 Å². The first-order chi connectivity index (χ1) is 11.8. The minimum atomic E-state index is -3.81. The Hall–Kier alpha value is -2.67. The van der Waals surface area contributed by atoms with Crippen LogP contribution in [0.15, 0.2) is 58.5 Å². The molecule has 132 valence electrons. The maximum atomic E-state index is 12.3. The molecular weight excluding hydrogens is 340 g/mol. The van der Waals surface area contributed by atoms with Crippen LogP contribution in [0, 0.1) is 0 Å². The van der Waals surface area contributed by atoms with Crippen molar-refractivity contribution in [1.82, 2.24) is 4.83 Å². The standard InChI is InChI=1S/C18H20N2O4S/c1-3-13(2)14-8-10-16(11-9-14)25(23,24)20-19-12-15-6-4-5-7-17(15)18(21)22/h4-13,20H,3H2,1-2H3,(H,21,22)/b19-12+. The number of hydrazone groups is 1. The molecule has 2 N–H and O–H groups in total. The Kier molecular flexibility index (Phi) is 5.93. The molecule has 7 heteroatoms. The van der Waals surface area contributed by atoms with E-state index in [1.807, 2.05) is 0 Å². The Morgan fingerprint density at radius 1 is 1.20 bits per heavy atom. The molecule has 0 aliphatic heterocycles. The minimum Gasteiger partial charge on any atom is -0.478 e. The molecule has 0 saturated carbocycles. The summed E-state index contributed by atoms with van der Waals surface area (Å²) in [5.74, 6) is -0.749. The monoisotopic (exact) mass is 360 g/mol. The van der Waals surface area contributed by atoms with Crippen molar-refractivity contribution in [3.63, 3.8) is 0 Å². The van der Waals surface area contributed by atoms with E-state index in [9.17, 15) is 13.2 Å². The number of hydrogen-bond acceptors (Lipinski definition) is 4. The number of carboxylic acids is 1. The second-order valence-corrected chi connectivity index (χ2v) is 7.28. The Bertz CT molecular complexity index is 874. The van der Waals surface area contributed by atoms with Crippen LogP contribution in [0.3, 0.4) is 0 Å². The summed E-state index contributed by atoms with van der Waals surface area (Å²) >= 11 is 0. The fraction of sp³-hybridized carbons (Fsp3) is 0.222. The number of benzene rings is 2. The number of carbonyl (C=O) groups is 1. The Balaban J connectivity index is 2.15. The van der Waals surface area contributed by atoms with Gasteiger partial charge in [0, 0.05) is 5.56 Å². The summed E-state index contributed by atoms with van der Waals surface area (Å²) in [5.41, 5.74) is 1.42. The first kappa shape index (κ1) is 18.7. The van der Waals surface area contributed by atoms with Crippen LogP contribution in [0.25, 0.3) is 0 Å². The molecule has 1 unspecified atom stereocenters. The van der Waals surface area contributed by atoms with E-state index in [2.05, 4.69) is 23.8 Å². The second kappa shape index (κ2) is 7.94. The Morgan fingerprint density at radius 2 is 1.84 bits per heavy atom. The van der Waals surface area contributed by atoms with Crippen molar-refractivity contribution in [2.75, 3.05) is 0 Å². The van der Waals surface area contributed by atoms with Crippen LogP contribution in [-0.4, -0.2) is 25.7 Å². The van der Waals surface area contributed by atoms with E-state index in [1.165, 1.54) is 24.4 Å². The van der Waals surface area contributed by atoms with Gasteiger partial charge in [0.1, 0.15) is 0 Å². The van der Waals surface area contributed by atoms with Crippen LogP contribution < -0.4 is 4.83 Å². The van der Waals surface area contributed by atoms with E-state index < -0.39 is 16.0 Å². The van der Waals surface area contributed by atoms with Crippen LogP contribution >= 0.6 is 0 Å². The molecule has 0 aliphatic rings. The maximum Gasteiger partial charge on any atom is 0.336 e. The molecule has 2 aromatic rings. The molecule has 2 rings (SSSR count). The zero-order chi connectivity index (χ0) is 18.4. The largest absolute Gasteiger partial charge is 0.478 e. The lowest BCUT2D eigenvalue weighted by molar-refractivity contribution is 0.0696. The van der Waals surface area contributed by atoms with E-state index in [4.69, 9.17) is 5.11 Å². The van der Waals surface area contributed by atoms with Gasteiger partial charge in [0.25, 0.3) is 10.0 Å². The number of hydrogen-bond donors (Lipinski definition) is 2. The Morgan fingerprint density at radius 3 is 2.44 bits per heavy atom. The van der Waals surface area contributed by atoms with Crippen molar-refractivity contribution in [2.24, 2.45) is 5.10 Å². The van der Waals surface area contributed by atoms with Crippen molar-refractivity contribution in [3.8, 4) is 0 Å². The van der Waals surface area contributed by atoms with Crippen LogP contribution in [-0.2, 0) is 10.0 Å². The number of sulfonamides is 1. The van der Waals surface area contributed by atoms with Crippen molar-refractivity contribution in [3.05, 3.63) is 65.2 Å². The molecular formula is C18H20N2O4S. The third-order valence-electron chi connectivity index (χ3n) is 3.94. The highest BCUT2D eigenvalue weighted by Crippen LogP contribution is 2.20. The van der Waals surface area contributed by atoms with E-state index >= 15 is 0 Å². The molecule has 2 aromatic carbocycles. The summed E-state index contributed by atoms with van der Waals surface area (Å²) in [6, 6.07) is 12.8. The Labute approximate surface area is 147 Å². The number of aromatic carboxylic acids is 1. The zero-order valence-electron chi connectivity index (χ0n) is 14.0. The number of nitrogens with zero attached hydrogens (tertiary/aromatic N) is 1. The molecule has 0 spiro atoms. The molecule has 0 saturated heterocycles. The van der Waals surface area contributed by atoms with Gasteiger partial charge in [0.05, 0.1) is 16.7 Å². The van der Waals surface area contributed by atoms with Gasteiger partial charge in [0.2, 0.25) is 0 Å². The average molecular weight is 360 g/mol. The third-order valence-corrected chi connectivity index (χ3v) is 5.18. The predicted molar refractivity (Wildman–Crippen MR) is 96.5 cm³/mol. The zero-order valence-corrected chi connectivity index (χ0v) is 14.8. The number of nitrogens with one attached hydrogen (secondary N) is 1. The SMILES string of the molecule is CCC(C)c1ccc(S(=O)(=O)N/N=C/c2ccccc2C(=O)O)cc1. The highest BCUT2D eigenvalue weighted by atomic mass is 32.2. The lowest BCUT2D eigenvalue weighted by atomic mass is 9.99. The summed E-state index contributed by atoms with van der Waals surface area (Å²) in [5, 5.41) is 12.8. The van der Waals surface area contributed by atoms with Gasteiger partial charge in [-0.15, -0.1) is 0 Å². The molecule has 0 fully saturated rings. The lowest BCUT2D eigenvalue weighted by Gasteiger charge is -2.10. The second-order valence-electron chi connectivity index (χ2n) is 5.62. The molecule has 0 aromatic heterocycles. The van der Waals surface area contributed by atoms with Crippen LogP contribution in [0.5, 0.6) is 0 Å². The quantitative estimate of drug-likeness (QED) is 0.585. The summed E-state index contributed by atoms with van der Waals surface area (Å²) in [6.45, 7) is 4.15. The number of rotatable bonds is 7. The molecule has 0 radical (unpaired) electrons. The summed E-state index contributed by atoms with van der Waals surface area (Å²) in [4.78, 5) is 13.3. The minimum absolute atomic E-state index is 0.0448. The maximum absolute atomic E-state index is 12.3. The van der Waals surface area contributed by atoms with Gasteiger partial charge in [0.15, 0.2) is 0 Å². The van der Waals surface area contributed by atoms with Crippen LogP contribution in [0.2, 0.25) is 0 Å². The van der Waals surface area contributed by atoms with Crippen molar-refractivity contribution in [2.45, 2.75) is 31.1 Å². The summed E-state index contributed by atoms with van der Waals surface area (Å²) in [7, 11) is -3.81. The van der Waals surface area contributed by atoms with Gasteiger partial charge in [-0.2, -0.15) is 13.5 Å². The van der Waals surface area contributed by atoms with E-state index in [0.29, 0.717) is 11.5 Å². The molecule has 25 heavy (non-hydrogen) atoms. The summed E-state index contributed by atoms with van der Waals surface area (Å²) in [6.07, 6.45) is 2.14. The topological polar surface area (TPSA) is 95.8 Å². The van der Waals surface area contributed by atoms with Crippen molar-refractivity contribution < 1.29 is 18.3 Å². The summed E-state index contributed by atoms with van der Waals surface area (Å²) < 4.78 is 24.5. The molecule has 0 heterocycles. The average Bonchev–Trinajstić information content (AvgIpc) is 2.61. The smallest absolute Gasteiger partial charge is 0.336 e. The van der Waals surface area contributed by atoms with Crippen LogP contribution in [0.4, 0.5) is 0 Å². The van der Waals surface area contributed by atoms with Gasteiger partial charge in [-0.1, -0.05) is 44.2 Å². The molecule has 0 bridgehead atoms. The highest BCUT2D eigenvalue weighted by molar-refractivity contribution is 7.89. The predicted octanol–water partition coefficient (Wildman–Crippen LogP) is 3.21. The molecule has 0 amide bonds. The first-order valence-electron chi connectivity index (χ1n) is 7.82. The normalized spacial score (nSPS) is 12.9. The fourth-order valence-corrected chi connectivity index (χ4v) is 3.02. The van der Waals surface area contributed by atoms with Gasteiger partial charge in [-0.05, 0) is 36.1 Å². The fourth-order valence-electron chi connectivity index (χ4n) is 2.23. The van der Waals surface area contributed by atoms with Crippen molar-refractivity contribution >= 4 is 22.2 Å². The van der Waals surface area contributed by atoms with Crippen LogP contribution in [0.1, 0.15) is 47.7 Å². The van der Waals surface area contributed by atoms with Gasteiger partial charge in [-0.3, -0.25) is 0 Å². The number of carboxylic acid groups (broad SMARTS) is 1. The molecule has 1 atom stereocenters. The molecule has 6 nitrogen and oxygen atoms in total. The van der Waals surface area contributed by atoms with E-state index in [-0.39, 0.29) is 10.5 Å². The van der Waals surface area contributed by atoms with Gasteiger partial charge < -0.3 is 5.11 Å². The van der Waals surface area contributed by atoms with Gasteiger partial charge >= 0.3 is 5.97 Å².